The molecule has 1 heterocycles. The molecule has 0 unspecified atom stereocenters. The third-order valence-corrected chi connectivity index (χ3v) is 3.16. The maximum absolute atomic E-state index is 5.86. The fourth-order valence-corrected chi connectivity index (χ4v) is 2.35. The summed E-state index contributed by atoms with van der Waals surface area (Å²) >= 11 is 7.54. The molecule has 0 aliphatic carbocycles. The summed E-state index contributed by atoms with van der Waals surface area (Å²) in [4.78, 5) is 1.23. The molecule has 0 atom stereocenters. The number of hydrogen-bond acceptors (Lipinski definition) is 2. The second kappa shape index (κ2) is 6.31. The van der Waals surface area contributed by atoms with Gasteiger partial charge in [0.05, 0.1) is 5.02 Å². The third kappa shape index (κ3) is 5.36. The van der Waals surface area contributed by atoms with Gasteiger partial charge in [-0.05, 0) is 31.5 Å². The van der Waals surface area contributed by atoms with E-state index in [1.807, 2.05) is 11.4 Å². The van der Waals surface area contributed by atoms with Crippen molar-refractivity contribution in [2.75, 3.05) is 13.1 Å². The van der Waals surface area contributed by atoms with Gasteiger partial charge in [-0.1, -0.05) is 31.0 Å². The molecule has 0 aliphatic rings. The lowest BCUT2D eigenvalue weighted by atomic mass is 10.2. The monoisotopic (exact) mass is 243 g/mol. The highest BCUT2D eigenvalue weighted by molar-refractivity contribution is 7.11. The van der Waals surface area contributed by atoms with E-state index in [0.717, 1.165) is 18.1 Å². The molecule has 3 heteroatoms. The normalized spacial score (nSPS) is 12.5. The van der Waals surface area contributed by atoms with Crippen LogP contribution >= 0.6 is 22.9 Å². The zero-order valence-electron chi connectivity index (χ0n) is 9.51. The Morgan fingerprint density at radius 1 is 1.60 bits per heavy atom. The van der Waals surface area contributed by atoms with Crippen LogP contribution in [0.2, 0.25) is 5.02 Å². The van der Waals surface area contributed by atoms with E-state index in [1.165, 1.54) is 10.5 Å². The largest absolute Gasteiger partial charge is 0.313 e. The van der Waals surface area contributed by atoms with Crippen LogP contribution in [0.5, 0.6) is 0 Å². The Balaban J connectivity index is 2.39. The molecule has 0 radical (unpaired) electrons. The Kier molecular flexibility index (Phi) is 5.37. The Labute approximate surface area is 101 Å². The fraction of sp³-hybridized carbons (Fsp3) is 0.500. The van der Waals surface area contributed by atoms with Gasteiger partial charge in [-0.3, -0.25) is 0 Å². The highest BCUT2D eigenvalue weighted by atomic mass is 35.5. The molecular weight excluding hydrogens is 226 g/mol. The van der Waals surface area contributed by atoms with Crippen LogP contribution in [0, 0.1) is 5.92 Å². The van der Waals surface area contributed by atoms with Crippen LogP contribution in [0.4, 0.5) is 0 Å². The molecule has 1 aromatic rings. The SMILES string of the molecule is CC(=Cc1cc(Cl)cs1)CNCC(C)C. The van der Waals surface area contributed by atoms with Crippen LogP contribution in [0.3, 0.4) is 0 Å². The maximum atomic E-state index is 5.86. The Morgan fingerprint density at radius 3 is 2.87 bits per heavy atom. The van der Waals surface area contributed by atoms with Crippen molar-refractivity contribution in [2.24, 2.45) is 5.92 Å². The van der Waals surface area contributed by atoms with E-state index in [2.05, 4.69) is 32.2 Å². The molecule has 84 valence electrons. The van der Waals surface area contributed by atoms with Crippen molar-refractivity contribution >= 4 is 29.0 Å². The molecule has 0 saturated heterocycles. The zero-order chi connectivity index (χ0) is 11.3. The van der Waals surface area contributed by atoms with E-state index in [-0.39, 0.29) is 0 Å². The van der Waals surface area contributed by atoms with Crippen molar-refractivity contribution in [2.45, 2.75) is 20.8 Å². The Hall–Kier alpha value is -0.310. The summed E-state index contributed by atoms with van der Waals surface area (Å²) in [6, 6.07) is 2.00. The van der Waals surface area contributed by atoms with Gasteiger partial charge >= 0.3 is 0 Å². The Morgan fingerprint density at radius 2 is 2.33 bits per heavy atom. The van der Waals surface area contributed by atoms with Crippen molar-refractivity contribution < 1.29 is 0 Å². The summed E-state index contributed by atoms with van der Waals surface area (Å²) in [5, 5.41) is 6.20. The minimum atomic E-state index is 0.703. The first-order valence-electron chi connectivity index (χ1n) is 5.20. The number of halogens is 1. The van der Waals surface area contributed by atoms with Crippen molar-refractivity contribution in [3.8, 4) is 0 Å². The second-order valence-electron chi connectivity index (χ2n) is 4.18. The second-order valence-corrected chi connectivity index (χ2v) is 5.56. The summed E-state index contributed by atoms with van der Waals surface area (Å²) in [5.41, 5.74) is 1.34. The van der Waals surface area contributed by atoms with E-state index in [9.17, 15) is 0 Å². The molecule has 0 saturated carbocycles. The van der Waals surface area contributed by atoms with Crippen LogP contribution < -0.4 is 5.32 Å². The molecule has 0 aromatic carbocycles. The molecule has 0 bridgehead atoms. The quantitative estimate of drug-likeness (QED) is 0.823. The van der Waals surface area contributed by atoms with Gasteiger partial charge in [0.15, 0.2) is 0 Å². The van der Waals surface area contributed by atoms with Crippen LogP contribution in [0.15, 0.2) is 17.0 Å². The molecule has 15 heavy (non-hydrogen) atoms. The first-order valence-corrected chi connectivity index (χ1v) is 6.45. The van der Waals surface area contributed by atoms with Crippen LogP contribution in [-0.2, 0) is 0 Å². The molecule has 1 aromatic heterocycles. The van der Waals surface area contributed by atoms with Gasteiger partial charge in [0, 0.05) is 16.8 Å². The van der Waals surface area contributed by atoms with Gasteiger partial charge in [0.2, 0.25) is 0 Å². The number of rotatable bonds is 5. The Bertz CT molecular complexity index is 328. The van der Waals surface area contributed by atoms with E-state index in [1.54, 1.807) is 11.3 Å². The summed E-state index contributed by atoms with van der Waals surface area (Å²) < 4.78 is 0. The summed E-state index contributed by atoms with van der Waals surface area (Å²) in [7, 11) is 0. The van der Waals surface area contributed by atoms with E-state index >= 15 is 0 Å². The van der Waals surface area contributed by atoms with Gasteiger partial charge in [-0.2, -0.15) is 0 Å². The lowest BCUT2D eigenvalue weighted by molar-refractivity contribution is 0.572. The topological polar surface area (TPSA) is 12.0 Å². The van der Waals surface area contributed by atoms with E-state index in [0.29, 0.717) is 5.92 Å². The average Bonchev–Trinajstić information content (AvgIpc) is 2.50. The van der Waals surface area contributed by atoms with Gasteiger partial charge in [-0.15, -0.1) is 11.3 Å². The maximum Gasteiger partial charge on any atom is 0.0519 e. The van der Waals surface area contributed by atoms with Gasteiger partial charge in [0.25, 0.3) is 0 Å². The summed E-state index contributed by atoms with van der Waals surface area (Å²) in [6.07, 6.45) is 2.18. The highest BCUT2D eigenvalue weighted by Crippen LogP contribution is 2.21. The molecule has 0 aliphatic heterocycles. The first kappa shape index (κ1) is 12.8. The first-order chi connectivity index (χ1) is 7.08. The van der Waals surface area contributed by atoms with Gasteiger partial charge < -0.3 is 5.32 Å². The summed E-state index contributed by atoms with van der Waals surface area (Å²) in [6.45, 7) is 8.58. The lowest BCUT2D eigenvalue weighted by Crippen LogP contribution is -2.21. The smallest absolute Gasteiger partial charge is 0.0519 e. The molecule has 1 rings (SSSR count). The summed E-state index contributed by atoms with van der Waals surface area (Å²) in [5.74, 6) is 0.703. The lowest BCUT2D eigenvalue weighted by Gasteiger charge is -2.06. The average molecular weight is 244 g/mol. The van der Waals surface area contributed by atoms with E-state index in [4.69, 9.17) is 11.6 Å². The van der Waals surface area contributed by atoms with Crippen LogP contribution in [0.25, 0.3) is 6.08 Å². The molecule has 0 amide bonds. The van der Waals surface area contributed by atoms with E-state index < -0.39 is 0 Å². The van der Waals surface area contributed by atoms with Crippen molar-refractivity contribution in [1.82, 2.24) is 5.32 Å². The van der Waals surface area contributed by atoms with Gasteiger partial charge in [-0.25, -0.2) is 0 Å². The molecular formula is C12H18ClNS. The highest BCUT2D eigenvalue weighted by Gasteiger charge is 1.97. The minimum absolute atomic E-state index is 0.703. The third-order valence-electron chi connectivity index (χ3n) is 1.93. The van der Waals surface area contributed by atoms with Crippen molar-refractivity contribution in [1.29, 1.82) is 0 Å². The van der Waals surface area contributed by atoms with Crippen molar-refractivity contribution in [3.63, 3.8) is 0 Å². The molecule has 1 N–H and O–H groups in total. The fourth-order valence-electron chi connectivity index (χ4n) is 1.26. The predicted octanol–water partition coefficient (Wildman–Crippen LogP) is 4.05. The van der Waals surface area contributed by atoms with Crippen LogP contribution in [-0.4, -0.2) is 13.1 Å². The zero-order valence-corrected chi connectivity index (χ0v) is 11.1. The number of nitrogens with one attached hydrogen (secondary N) is 1. The predicted molar refractivity (Wildman–Crippen MR) is 70.7 cm³/mol. The standard InChI is InChI=1S/C12H18ClNS/c1-9(2)6-14-7-10(3)4-12-5-11(13)8-15-12/h4-5,8-9,14H,6-7H2,1-3H3. The minimum Gasteiger partial charge on any atom is -0.313 e. The van der Waals surface area contributed by atoms with Gasteiger partial charge in [0.1, 0.15) is 0 Å². The van der Waals surface area contributed by atoms with Crippen LogP contribution in [0.1, 0.15) is 25.6 Å². The molecule has 0 spiro atoms. The molecule has 1 nitrogen and oxygen atoms in total. The molecule has 0 fully saturated rings. The number of thiophene rings is 1. The van der Waals surface area contributed by atoms with Crippen molar-refractivity contribution in [3.05, 3.63) is 26.9 Å². The number of hydrogen-bond donors (Lipinski definition) is 1.